The number of nitrogens with one attached hydrogen (secondary N) is 1. The van der Waals surface area contributed by atoms with E-state index in [0.29, 0.717) is 18.7 Å². The molecule has 0 saturated carbocycles. The number of likely N-dealkylation sites (N-methyl/N-ethyl adjacent to an activating group) is 1. The average molecular weight is 310 g/mol. The molecule has 2 rings (SSSR count). The van der Waals surface area contributed by atoms with E-state index in [1.165, 1.54) is 24.3 Å². The highest BCUT2D eigenvalue weighted by atomic mass is 19.1. The third-order valence-electron chi connectivity index (χ3n) is 3.95. The quantitative estimate of drug-likeness (QED) is 0.854. The molecule has 1 heterocycles. The summed E-state index contributed by atoms with van der Waals surface area (Å²) in [6.07, 6.45) is -1.41. The fourth-order valence-corrected chi connectivity index (χ4v) is 2.49. The highest BCUT2D eigenvalue weighted by Gasteiger charge is 2.28. The van der Waals surface area contributed by atoms with Crippen LogP contribution >= 0.6 is 0 Å². The first-order valence-corrected chi connectivity index (χ1v) is 7.59. The molecule has 0 spiro atoms. The minimum absolute atomic E-state index is 0.230. The normalized spacial score (nSPS) is 22.1. The van der Waals surface area contributed by atoms with Gasteiger partial charge in [-0.2, -0.15) is 0 Å². The predicted molar refractivity (Wildman–Crippen MR) is 80.8 cm³/mol. The van der Waals surface area contributed by atoms with Crippen LogP contribution in [0.1, 0.15) is 25.5 Å². The number of morpholine rings is 1. The first-order chi connectivity index (χ1) is 10.5. The Morgan fingerprint density at radius 2 is 2.18 bits per heavy atom. The Morgan fingerprint density at radius 3 is 2.82 bits per heavy atom. The molecule has 3 atom stereocenters. The Morgan fingerprint density at radius 1 is 1.50 bits per heavy atom. The number of halogens is 1. The van der Waals surface area contributed by atoms with Gasteiger partial charge in [0, 0.05) is 13.1 Å². The van der Waals surface area contributed by atoms with E-state index in [2.05, 4.69) is 10.2 Å². The van der Waals surface area contributed by atoms with Crippen molar-refractivity contribution in [3.8, 4) is 0 Å². The Hall–Kier alpha value is -1.50. The number of benzene rings is 1. The molecule has 0 radical (unpaired) electrons. The molecule has 3 unspecified atom stereocenters. The van der Waals surface area contributed by atoms with Crippen LogP contribution in [0.5, 0.6) is 0 Å². The number of ether oxygens (including phenoxy) is 1. The van der Waals surface area contributed by atoms with Crippen LogP contribution in [0.25, 0.3) is 0 Å². The van der Waals surface area contributed by atoms with Gasteiger partial charge in [0.1, 0.15) is 11.9 Å². The highest BCUT2D eigenvalue weighted by molar-refractivity contribution is 5.81. The number of rotatable bonds is 5. The molecule has 1 aliphatic heterocycles. The molecule has 2 N–H and O–H groups in total. The van der Waals surface area contributed by atoms with Gasteiger partial charge in [-0.15, -0.1) is 0 Å². The van der Waals surface area contributed by atoms with Gasteiger partial charge in [0.15, 0.2) is 0 Å². The van der Waals surface area contributed by atoms with E-state index < -0.39 is 18.2 Å². The van der Waals surface area contributed by atoms with E-state index in [-0.39, 0.29) is 11.7 Å². The lowest BCUT2D eigenvalue weighted by Gasteiger charge is -2.32. The molecule has 6 heteroatoms. The fraction of sp³-hybridized carbons (Fsp3) is 0.562. The number of carbonyl (C=O) groups excluding carboxylic acids is 1. The standard InChI is InChI=1S/C16H23FN2O3/c1-3-19-8-9-22-14(10-19)16(21)18-11(2)15(20)12-4-6-13(17)7-5-12/h4-7,11,14-15,20H,3,8-10H2,1-2H3,(H,18,21). The van der Waals surface area contributed by atoms with Crippen molar-refractivity contribution in [2.45, 2.75) is 32.1 Å². The lowest BCUT2D eigenvalue weighted by molar-refractivity contribution is -0.139. The number of aliphatic hydroxyl groups is 1. The van der Waals surface area contributed by atoms with Gasteiger partial charge < -0.3 is 15.2 Å². The van der Waals surface area contributed by atoms with E-state index in [4.69, 9.17) is 4.74 Å². The second kappa shape index (κ2) is 7.67. The van der Waals surface area contributed by atoms with Crippen molar-refractivity contribution in [2.24, 2.45) is 0 Å². The third kappa shape index (κ3) is 4.25. The summed E-state index contributed by atoms with van der Waals surface area (Å²) < 4.78 is 18.4. The van der Waals surface area contributed by atoms with Gasteiger partial charge in [-0.3, -0.25) is 9.69 Å². The van der Waals surface area contributed by atoms with Crippen molar-refractivity contribution in [2.75, 3.05) is 26.2 Å². The molecular formula is C16H23FN2O3. The third-order valence-corrected chi connectivity index (χ3v) is 3.95. The van der Waals surface area contributed by atoms with Gasteiger partial charge in [-0.25, -0.2) is 4.39 Å². The van der Waals surface area contributed by atoms with Crippen molar-refractivity contribution in [1.29, 1.82) is 0 Å². The fourth-order valence-electron chi connectivity index (χ4n) is 2.49. The van der Waals surface area contributed by atoms with Crippen molar-refractivity contribution >= 4 is 5.91 Å². The molecular weight excluding hydrogens is 287 g/mol. The number of hydrogen-bond acceptors (Lipinski definition) is 4. The second-order valence-corrected chi connectivity index (χ2v) is 5.55. The van der Waals surface area contributed by atoms with E-state index in [1.807, 2.05) is 6.92 Å². The summed E-state index contributed by atoms with van der Waals surface area (Å²) in [5.74, 6) is -0.588. The Kier molecular flexibility index (Phi) is 5.88. The van der Waals surface area contributed by atoms with Crippen LogP contribution in [0.3, 0.4) is 0 Å². The van der Waals surface area contributed by atoms with Crippen LogP contribution in [0.15, 0.2) is 24.3 Å². The molecule has 1 aromatic rings. The first-order valence-electron chi connectivity index (χ1n) is 7.59. The van der Waals surface area contributed by atoms with Crippen LogP contribution in [0.2, 0.25) is 0 Å². The molecule has 0 aliphatic carbocycles. The maximum atomic E-state index is 12.9. The van der Waals surface area contributed by atoms with Crippen LogP contribution in [0, 0.1) is 5.82 Å². The van der Waals surface area contributed by atoms with Gasteiger partial charge in [-0.1, -0.05) is 19.1 Å². The Labute approximate surface area is 130 Å². The van der Waals surface area contributed by atoms with Crippen LogP contribution < -0.4 is 5.32 Å². The van der Waals surface area contributed by atoms with Crippen LogP contribution in [-0.4, -0.2) is 54.3 Å². The topological polar surface area (TPSA) is 61.8 Å². The molecule has 1 aliphatic rings. The average Bonchev–Trinajstić information content (AvgIpc) is 2.54. The Bertz CT molecular complexity index is 495. The van der Waals surface area contributed by atoms with E-state index in [0.717, 1.165) is 13.1 Å². The molecule has 122 valence electrons. The maximum Gasteiger partial charge on any atom is 0.250 e. The van der Waals surface area contributed by atoms with E-state index in [1.54, 1.807) is 6.92 Å². The predicted octanol–water partition coefficient (Wildman–Crippen LogP) is 1.08. The summed E-state index contributed by atoms with van der Waals surface area (Å²) >= 11 is 0. The van der Waals surface area contributed by atoms with Crippen LogP contribution in [0.4, 0.5) is 4.39 Å². The van der Waals surface area contributed by atoms with Gasteiger partial charge in [0.2, 0.25) is 0 Å². The number of aliphatic hydroxyl groups excluding tert-OH is 1. The molecule has 1 saturated heterocycles. The maximum absolute atomic E-state index is 12.9. The number of hydrogen-bond donors (Lipinski definition) is 2. The largest absolute Gasteiger partial charge is 0.386 e. The summed E-state index contributed by atoms with van der Waals surface area (Å²) in [6, 6.07) is 5.11. The van der Waals surface area contributed by atoms with Crippen LogP contribution in [-0.2, 0) is 9.53 Å². The summed E-state index contributed by atoms with van der Waals surface area (Å²) in [7, 11) is 0. The lowest BCUT2D eigenvalue weighted by Crippen LogP contribution is -2.52. The summed E-state index contributed by atoms with van der Waals surface area (Å²) in [5.41, 5.74) is 0.564. The molecule has 1 aromatic carbocycles. The van der Waals surface area contributed by atoms with E-state index >= 15 is 0 Å². The summed E-state index contributed by atoms with van der Waals surface area (Å²) in [6.45, 7) is 6.55. The SMILES string of the molecule is CCN1CCOC(C(=O)NC(C)C(O)c2ccc(F)cc2)C1. The minimum Gasteiger partial charge on any atom is -0.386 e. The molecule has 1 fully saturated rings. The summed E-state index contributed by atoms with van der Waals surface area (Å²) in [5, 5.41) is 13.0. The zero-order valence-corrected chi connectivity index (χ0v) is 13.0. The Balaban J connectivity index is 1.91. The van der Waals surface area contributed by atoms with E-state index in [9.17, 15) is 14.3 Å². The second-order valence-electron chi connectivity index (χ2n) is 5.55. The van der Waals surface area contributed by atoms with Gasteiger partial charge in [-0.05, 0) is 31.2 Å². The monoisotopic (exact) mass is 310 g/mol. The van der Waals surface area contributed by atoms with Crippen molar-refractivity contribution in [3.63, 3.8) is 0 Å². The molecule has 0 bridgehead atoms. The van der Waals surface area contributed by atoms with Gasteiger partial charge in [0.05, 0.1) is 18.8 Å². The van der Waals surface area contributed by atoms with Crippen molar-refractivity contribution < 1.29 is 19.0 Å². The number of nitrogens with zero attached hydrogens (tertiary/aromatic N) is 1. The molecule has 22 heavy (non-hydrogen) atoms. The summed E-state index contributed by atoms with van der Waals surface area (Å²) in [4.78, 5) is 14.4. The van der Waals surface area contributed by atoms with Gasteiger partial charge >= 0.3 is 0 Å². The minimum atomic E-state index is -0.893. The van der Waals surface area contributed by atoms with Gasteiger partial charge in [0.25, 0.3) is 5.91 Å². The first kappa shape index (κ1) is 16.9. The van der Waals surface area contributed by atoms with Crippen molar-refractivity contribution in [1.82, 2.24) is 10.2 Å². The zero-order chi connectivity index (χ0) is 16.1. The molecule has 0 aromatic heterocycles. The number of carbonyl (C=O) groups is 1. The van der Waals surface area contributed by atoms with Crippen molar-refractivity contribution in [3.05, 3.63) is 35.6 Å². The molecule has 5 nitrogen and oxygen atoms in total. The lowest BCUT2D eigenvalue weighted by atomic mass is 10.0. The number of amides is 1. The highest BCUT2D eigenvalue weighted by Crippen LogP contribution is 2.17. The molecule has 1 amide bonds. The smallest absolute Gasteiger partial charge is 0.250 e. The zero-order valence-electron chi connectivity index (χ0n) is 13.0.